The Bertz CT molecular complexity index is 916. The molecule has 1 aliphatic rings. The number of aliphatic hydroxyl groups excluding tert-OH is 1. The standard InChI is InChI=1S/C26H35FN2O3/c1-17(23-16-20(27)8-11-24(23)29-14-12-21(30)13-15-29)28-25(31)18(2)32-22-9-6-19(7-10-22)26(3,4)5/h6-11,16-18,21,30H,12-15H2,1-5H3,(H,28,31)/t17-,18-/m1/s1. The summed E-state index contributed by atoms with van der Waals surface area (Å²) < 4.78 is 19.9. The molecule has 2 aromatic rings. The van der Waals surface area contributed by atoms with Crippen molar-refractivity contribution >= 4 is 11.6 Å². The lowest BCUT2D eigenvalue weighted by Crippen LogP contribution is -2.39. The van der Waals surface area contributed by atoms with E-state index in [0.29, 0.717) is 31.7 Å². The minimum atomic E-state index is -0.694. The molecule has 3 rings (SSSR count). The van der Waals surface area contributed by atoms with Crippen molar-refractivity contribution in [3.05, 3.63) is 59.4 Å². The third kappa shape index (κ3) is 6.00. The Balaban J connectivity index is 1.66. The third-order valence-electron chi connectivity index (χ3n) is 6.02. The minimum Gasteiger partial charge on any atom is -0.481 e. The average Bonchev–Trinajstić information content (AvgIpc) is 2.74. The minimum absolute atomic E-state index is 0.0477. The van der Waals surface area contributed by atoms with E-state index in [2.05, 4.69) is 31.0 Å². The van der Waals surface area contributed by atoms with Crippen molar-refractivity contribution in [1.82, 2.24) is 5.32 Å². The van der Waals surface area contributed by atoms with E-state index in [4.69, 9.17) is 4.74 Å². The second-order valence-corrected chi connectivity index (χ2v) is 9.69. The summed E-state index contributed by atoms with van der Waals surface area (Å²) in [6.07, 6.45) is 0.371. The summed E-state index contributed by atoms with van der Waals surface area (Å²) in [6.45, 7) is 11.4. The second kappa shape index (κ2) is 9.90. The fourth-order valence-electron chi connectivity index (χ4n) is 3.97. The fourth-order valence-corrected chi connectivity index (χ4v) is 3.97. The first-order chi connectivity index (χ1) is 15.0. The van der Waals surface area contributed by atoms with Gasteiger partial charge in [-0.05, 0) is 68.0 Å². The van der Waals surface area contributed by atoms with Crippen LogP contribution in [-0.2, 0) is 10.2 Å². The summed E-state index contributed by atoms with van der Waals surface area (Å²) in [7, 11) is 0. The lowest BCUT2D eigenvalue weighted by Gasteiger charge is -2.34. The van der Waals surface area contributed by atoms with Gasteiger partial charge in [-0.25, -0.2) is 4.39 Å². The molecule has 5 nitrogen and oxygen atoms in total. The Hall–Kier alpha value is -2.60. The molecule has 1 amide bonds. The lowest BCUT2D eigenvalue weighted by atomic mass is 9.87. The van der Waals surface area contributed by atoms with Crippen LogP contribution in [0.2, 0.25) is 0 Å². The van der Waals surface area contributed by atoms with Gasteiger partial charge in [0.1, 0.15) is 11.6 Å². The molecule has 0 saturated carbocycles. The maximum Gasteiger partial charge on any atom is 0.261 e. The topological polar surface area (TPSA) is 61.8 Å². The molecule has 0 bridgehead atoms. The fraction of sp³-hybridized carbons (Fsp3) is 0.500. The quantitative estimate of drug-likeness (QED) is 0.679. The normalized spacial score (nSPS) is 17.0. The van der Waals surface area contributed by atoms with Gasteiger partial charge in [-0.2, -0.15) is 0 Å². The Morgan fingerprint density at radius 3 is 2.34 bits per heavy atom. The van der Waals surface area contributed by atoms with Gasteiger partial charge in [0.2, 0.25) is 0 Å². The van der Waals surface area contributed by atoms with Crippen molar-refractivity contribution in [2.75, 3.05) is 18.0 Å². The molecule has 2 N–H and O–H groups in total. The lowest BCUT2D eigenvalue weighted by molar-refractivity contribution is -0.127. The Morgan fingerprint density at radius 1 is 1.12 bits per heavy atom. The van der Waals surface area contributed by atoms with Gasteiger partial charge in [0, 0.05) is 24.3 Å². The predicted octanol–water partition coefficient (Wildman–Crippen LogP) is 4.73. The van der Waals surface area contributed by atoms with Gasteiger partial charge in [-0.1, -0.05) is 32.9 Å². The van der Waals surface area contributed by atoms with Gasteiger partial charge in [0.15, 0.2) is 6.10 Å². The van der Waals surface area contributed by atoms with Crippen molar-refractivity contribution < 1.29 is 19.0 Å². The van der Waals surface area contributed by atoms with Crippen LogP contribution < -0.4 is 15.0 Å². The molecule has 32 heavy (non-hydrogen) atoms. The van der Waals surface area contributed by atoms with Gasteiger partial charge < -0.3 is 20.1 Å². The highest BCUT2D eigenvalue weighted by Gasteiger charge is 2.24. The molecule has 1 saturated heterocycles. The number of carbonyl (C=O) groups is 1. The molecular formula is C26H35FN2O3. The molecule has 6 heteroatoms. The number of rotatable bonds is 6. The molecular weight excluding hydrogens is 407 g/mol. The van der Waals surface area contributed by atoms with Crippen LogP contribution in [-0.4, -0.2) is 36.3 Å². The molecule has 0 unspecified atom stereocenters. The van der Waals surface area contributed by atoms with Crippen LogP contribution in [0.1, 0.15) is 64.6 Å². The number of halogens is 1. The van der Waals surface area contributed by atoms with Gasteiger partial charge >= 0.3 is 0 Å². The molecule has 0 spiro atoms. The Labute approximate surface area is 190 Å². The zero-order valence-electron chi connectivity index (χ0n) is 19.7. The number of nitrogens with one attached hydrogen (secondary N) is 1. The SMILES string of the molecule is C[C@@H](Oc1ccc(C(C)(C)C)cc1)C(=O)N[C@H](C)c1cc(F)ccc1N1CCC(O)CC1. The van der Waals surface area contributed by atoms with E-state index in [9.17, 15) is 14.3 Å². The van der Waals surface area contributed by atoms with E-state index in [0.717, 1.165) is 11.3 Å². The van der Waals surface area contributed by atoms with Crippen molar-refractivity contribution in [2.24, 2.45) is 0 Å². The van der Waals surface area contributed by atoms with Gasteiger partial charge in [0.05, 0.1) is 12.1 Å². The van der Waals surface area contributed by atoms with Crippen molar-refractivity contribution in [3.8, 4) is 5.75 Å². The van der Waals surface area contributed by atoms with Crippen LogP contribution in [0.3, 0.4) is 0 Å². The van der Waals surface area contributed by atoms with Crippen LogP contribution in [0.15, 0.2) is 42.5 Å². The molecule has 1 fully saturated rings. The number of nitrogens with zero attached hydrogens (tertiary/aromatic N) is 1. The number of aliphatic hydroxyl groups is 1. The third-order valence-corrected chi connectivity index (χ3v) is 6.02. The zero-order valence-corrected chi connectivity index (χ0v) is 19.7. The first kappa shape index (κ1) is 24.1. The molecule has 0 radical (unpaired) electrons. The largest absolute Gasteiger partial charge is 0.481 e. The average molecular weight is 443 g/mol. The summed E-state index contributed by atoms with van der Waals surface area (Å²) >= 11 is 0. The number of benzene rings is 2. The monoisotopic (exact) mass is 442 g/mol. The highest BCUT2D eigenvalue weighted by molar-refractivity contribution is 5.81. The van der Waals surface area contributed by atoms with Gasteiger partial charge in [0.25, 0.3) is 5.91 Å². The van der Waals surface area contributed by atoms with E-state index in [-0.39, 0.29) is 23.2 Å². The van der Waals surface area contributed by atoms with E-state index < -0.39 is 12.1 Å². The maximum absolute atomic E-state index is 14.0. The molecule has 0 aliphatic carbocycles. The number of anilines is 1. The molecule has 1 aliphatic heterocycles. The van der Waals surface area contributed by atoms with Crippen LogP contribution in [0.25, 0.3) is 0 Å². The van der Waals surface area contributed by atoms with Gasteiger partial charge in [-0.3, -0.25) is 4.79 Å². The maximum atomic E-state index is 14.0. The van der Waals surface area contributed by atoms with Crippen LogP contribution in [0.5, 0.6) is 5.75 Å². The molecule has 1 heterocycles. The Kier molecular flexibility index (Phi) is 7.44. The summed E-state index contributed by atoms with van der Waals surface area (Å²) in [6, 6.07) is 12.0. The van der Waals surface area contributed by atoms with Gasteiger partial charge in [-0.15, -0.1) is 0 Å². The summed E-state index contributed by atoms with van der Waals surface area (Å²) in [4.78, 5) is 14.9. The first-order valence-electron chi connectivity index (χ1n) is 11.3. The first-order valence-corrected chi connectivity index (χ1v) is 11.3. The smallest absolute Gasteiger partial charge is 0.261 e. The van der Waals surface area contributed by atoms with Crippen molar-refractivity contribution in [1.29, 1.82) is 0 Å². The number of hydrogen-bond acceptors (Lipinski definition) is 4. The number of amides is 1. The molecule has 2 atom stereocenters. The van der Waals surface area contributed by atoms with E-state index in [1.54, 1.807) is 13.0 Å². The summed E-state index contributed by atoms with van der Waals surface area (Å²) in [5.41, 5.74) is 2.85. The molecule has 174 valence electrons. The van der Waals surface area contributed by atoms with Crippen LogP contribution in [0, 0.1) is 5.82 Å². The highest BCUT2D eigenvalue weighted by atomic mass is 19.1. The second-order valence-electron chi connectivity index (χ2n) is 9.69. The number of ether oxygens (including phenoxy) is 1. The summed E-state index contributed by atoms with van der Waals surface area (Å²) in [5.74, 6) is 0.0263. The summed E-state index contributed by atoms with van der Waals surface area (Å²) in [5, 5.41) is 12.8. The predicted molar refractivity (Wildman–Crippen MR) is 126 cm³/mol. The van der Waals surface area contributed by atoms with E-state index in [1.807, 2.05) is 31.2 Å². The Morgan fingerprint density at radius 2 is 1.75 bits per heavy atom. The number of piperidine rings is 1. The highest BCUT2D eigenvalue weighted by Crippen LogP contribution is 2.30. The van der Waals surface area contributed by atoms with Crippen molar-refractivity contribution in [2.45, 2.75) is 71.1 Å². The molecule has 2 aromatic carbocycles. The van der Waals surface area contributed by atoms with E-state index in [1.165, 1.54) is 17.7 Å². The zero-order chi connectivity index (χ0) is 23.5. The number of carbonyl (C=O) groups excluding carboxylic acids is 1. The van der Waals surface area contributed by atoms with Crippen LogP contribution >= 0.6 is 0 Å². The van der Waals surface area contributed by atoms with E-state index >= 15 is 0 Å². The number of hydrogen-bond donors (Lipinski definition) is 2. The van der Waals surface area contributed by atoms with Crippen LogP contribution in [0.4, 0.5) is 10.1 Å². The molecule has 0 aromatic heterocycles. The van der Waals surface area contributed by atoms with Crippen molar-refractivity contribution in [3.63, 3.8) is 0 Å².